The topological polar surface area (TPSA) is 72.7 Å². The van der Waals surface area contributed by atoms with Crippen molar-refractivity contribution in [2.45, 2.75) is 57.7 Å². The number of ether oxygens (including phenoxy) is 1. The van der Waals surface area contributed by atoms with Crippen LogP contribution in [0.15, 0.2) is 48.8 Å². The Morgan fingerprint density at radius 1 is 1.11 bits per heavy atom. The van der Waals surface area contributed by atoms with Gasteiger partial charge in [-0.1, -0.05) is 18.2 Å². The summed E-state index contributed by atoms with van der Waals surface area (Å²) in [6, 6.07) is 8.71. The molecule has 0 aliphatic heterocycles. The number of nitrogens with zero attached hydrogens (tertiary/aromatic N) is 2. The SMILES string of the molecule is CCOC(=O)CC1CCC(NC(=O)c2cnn3cccc(Cc4ccc(C(F)(F)F)cc4)c23)CC1. The van der Waals surface area contributed by atoms with Gasteiger partial charge in [0.25, 0.3) is 5.91 Å². The highest BCUT2D eigenvalue weighted by molar-refractivity contribution is 6.01. The fraction of sp³-hybridized carbons (Fsp3) is 0.423. The maximum absolute atomic E-state index is 13.1. The van der Waals surface area contributed by atoms with Gasteiger partial charge in [0.05, 0.1) is 29.4 Å². The minimum Gasteiger partial charge on any atom is -0.466 e. The summed E-state index contributed by atoms with van der Waals surface area (Å²) < 4.78 is 45.3. The van der Waals surface area contributed by atoms with Crippen LogP contribution in [0, 0.1) is 5.92 Å². The number of nitrogens with one attached hydrogen (secondary N) is 1. The summed E-state index contributed by atoms with van der Waals surface area (Å²) >= 11 is 0. The zero-order chi connectivity index (χ0) is 25.0. The number of fused-ring (bicyclic) bond motifs is 1. The Morgan fingerprint density at radius 2 is 1.83 bits per heavy atom. The molecular weight excluding hydrogens is 459 g/mol. The van der Waals surface area contributed by atoms with Crippen LogP contribution in [-0.4, -0.2) is 34.1 Å². The molecule has 1 saturated carbocycles. The lowest BCUT2D eigenvalue weighted by Crippen LogP contribution is -2.38. The number of carbonyl (C=O) groups excluding carboxylic acids is 2. The largest absolute Gasteiger partial charge is 0.466 e. The zero-order valence-electron chi connectivity index (χ0n) is 19.5. The molecule has 0 spiro atoms. The van der Waals surface area contributed by atoms with Gasteiger partial charge in [0.1, 0.15) is 0 Å². The monoisotopic (exact) mass is 487 g/mol. The fourth-order valence-electron chi connectivity index (χ4n) is 4.68. The molecule has 2 heterocycles. The maximum atomic E-state index is 13.1. The van der Waals surface area contributed by atoms with Gasteiger partial charge < -0.3 is 10.1 Å². The number of hydrogen-bond donors (Lipinski definition) is 1. The molecule has 1 amide bonds. The predicted octanol–water partition coefficient (Wildman–Crippen LogP) is 5.19. The van der Waals surface area contributed by atoms with E-state index in [-0.39, 0.29) is 23.8 Å². The van der Waals surface area contributed by atoms with Crippen molar-refractivity contribution in [3.63, 3.8) is 0 Å². The van der Waals surface area contributed by atoms with E-state index < -0.39 is 11.7 Å². The van der Waals surface area contributed by atoms with E-state index in [0.717, 1.165) is 43.4 Å². The lowest BCUT2D eigenvalue weighted by Gasteiger charge is -2.28. The number of aromatic nitrogens is 2. The molecule has 186 valence electrons. The third kappa shape index (κ3) is 6.01. The number of halogens is 3. The Bertz CT molecular complexity index is 1180. The Labute approximate surface area is 201 Å². The first-order chi connectivity index (χ1) is 16.7. The van der Waals surface area contributed by atoms with Gasteiger partial charge in [-0.05, 0) is 74.3 Å². The molecule has 4 rings (SSSR count). The van der Waals surface area contributed by atoms with Crippen molar-refractivity contribution >= 4 is 17.4 Å². The van der Waals surface area contributed by atoms with Crippen molar-refractivity contribution < 1.29 is 27.5 Å². The van der Waals surface area contributed by atoms with Crippen LogP contribution in [0.2, 0.25) is 0 Å². The van der Waals surface area contributed by atoms with Gasteiger partial charge in [-0.3, -0.25) is 9.59 Å². The Morgan fingerprint density at radius 3 is 2.49 bits per heavy atom. The number of carbonyl (C=O) groups is 2. The molecule has 2 aromatic heterocycles. The van der Waals surface area contributed by atoms with Gasteiger partial charge in [0.2, 0.25) is 0 Å². The van der Waals surface area contributed by atoms with E-state index in [1.165, 1.54) is 18.3 Å². The van der Waals surface area contributed by atoms with E-state index in [4.69, 9.17) is 4.74 Å². The molecule has 1 aliphatic rings. The van der Waals surface area contributed by atoms with Crippen LogP contribution in [0.25, 0.3) is 5.52 Å². The van der Waals surface area contributed by atoms with Crippen molar-refractivity contribution in [2.75, 3.05) is 6.61 Å². The van der Waals surface area contributed by atoms with Crippen LogP contribution >= 0.6 is 0 Å². The first kappa shape index (κ1) is 24.8. The zero-order valence-corrected chi connectivity index (χ0v) is 19.5. The molecule has 0 saturated heterocycles. The number of pyridine rings is 1. The van der Waals surface area contributed by atoms with E-state index in [1.54, 1.807) is 23.7 Å². The van der Waals surface area contributed by atoms with Gasteiger partial charge in [0.15, 0.2) is 0 Å². The summed E-state index contributed by atoms with van der Waals surface area (Å²) in [5.74, 6) is -0.129. The van der Waals surface area contributed by atoms with Gasteiger partial charge in [0, 0.05) is 18.7 Å². The van der Waals surface area contributed by atoms with Gasteiger partial charge in [-0.2, -0.15) is 18.3 Å². The van der Waals surface area contributed by atoms with E-state index in [0.29, 0.717) is 36.1 Å². The smallest absolute Gasteiger partial charge is 0.416 e. The van der Waals surface area contributed by atoms with Crippen LogP contribution in [0.4, 0.5) is 13.2 Å². The molecular formula is C26H28F3N3O3. The average molecular weight is 488 g/mol. The van der Waals surface area contributed by atoms with Gasteiger partial charge >= 0.3 is 12.1 Å². The number of benzene rings is 1. The molecule has 1 fully saturated rings. The van der Waals surface area contributed by atoms with E-state index in [9.17, 15) is 22.8 Å². The molecule has 0 atom stereocenters. The number of alkyl halides is 3. The summed E-state index contributed by atoms with van der Waals surface area (Å²) in [6.07, 6.45) is 2.92. The summed E-state index contributed by atoms with van der Waals surface area (Å²) in [6.45, 7) is 2.17. The van der Waals surface area contributed by atoms with Crippen LogP contribution in [0.3, 0.4) is 0 Å². The van der Waals surface area contributed by atoms with Crippen molar-refractivity contribution in [1.82, 2.24) is 14.9 Å². The van der Waals surface area contributed by atoms with E-state index >= 15 is 0 Å². The molecule has 1 aliphatic carbocycles. The lowest BCUT2D eigenvalue weighted by atomic mass is 9.84. The molecule has 1 N–H and O–H groups in total. The van der Waals surface area contributed by atoms with Crippen LogP contribution in [0.5, 0.6) is 0 Å². The quantitative estimate of drug-likeness (QED) is 0.466. The van der Waals surface area contributed by atoms with Crippen LogP contribution < -0.4 is 5.32 Å². The van der Waals surface area contributed by atoms with Crippen LogP contribution in [0.1, 0.15) is 66.1 Å². The molecule has 0 bridgehead atoms. The minimum atomic E-state index is -4.38. The summed E-state index contributed by atoms with van der Waals surface area (Å²) in [7, 11) is 0. The fourth-order valence-corrected chi connectivity index (χ4v) is 4.68. The third-order valence-electron chi connectivity index (χ3n) is 6.49. The summed E-state index contributed by atoms with van der Waals surface area (Å²) in [5, 5.41) is 7.39. The molecule has 6 nitrogen and oxygen atoms in total. The summed E-state index contributed by atoms with van der Waals surface area (Å²) in [4.78, 5) is 24.9. The Kier molecular flexibility index (Phi) is 7.42. The predicted molar refractivity (Wildman–Crippen MR) is 124 cm³/mol. The number of hydrogen-bond acceptors (Lipinski definition) is 4. The van der Waals surface area contributed by atoms with E-state index in [1.807, 2.05) is 6.07 Å². The average Bonchev–Trinajstić information content (AvgIpc) is 3.26. The lowest BCUT2D eigenvalue weighted by molar-refractivity contribution is -0.144. The normalized spacial score (nSPS) is 18.4. The third-order valence-corrected chi connectivity index (χ3v) is 6.49. The summed E-state index contributed by atoms with van der Waals surface area (Å²) in [5.41, 5.74) is 1.88. The van der Waals surface area contributed by atoms with Gasteiger partial charge in [-0.15, -0.1) is 0 Å². The standard InChI is InChI=1S/C26H28F3N3O3/c1-2-35-23(33)15-18-7-11-21(12-8-18)31-25(34)22-16-30-32-13-3-4-19(24(22)32)14-17-5-9-20(10-6-17)26(27,28)29/h3-6,9-10,13,16,18,21H,2,7-8,11-12,14-15H2,1H3,(H,31,34). The van der Waals surface area contributed by atoms with E-state index in [2.05, 4.69) is 10.4 Å². The Balaban J connectivity index is 1.44. The van der Waals surface area contributed by atoms with Gasteiger partial charge in [-0.25, -0.2) is 4.52 Å². The second-order valence-electron chi connectivity index (χ2n) is 8.96. The minimum absolute atomic E-state index is 0.0120. The molecule has 3 aromatic rings. The highest BCUT2D eigenvalue weighted by atomic mass is 19.4. The number of esters is 1. The highest BCUT2D eigenvalue weighted by Gasteiger charge is 2.30. The Hall–Kier alpha value is -3.36. The van der Waals surface area contributed by atoms with Crippen molar-refractivity contribution in [2.24, 2.45) is 5.92 Å². The first-order valence-corrected chi connectivity index (χ1v) is 11.8. The molecule has 0 unspecified atom stereocenters. The number of rotatable bonds is 7. The maximum Gasteiger partial charge on any atom is 0.416 e. The van der Waals surface area contributed by atoms with Crippen LogP contribution in [-0.2, 0) is 22.1 Å². The molecule has 0 radical (unpaired) electrons. The van der Waals surface area contributed by atoms with Crippen molar-refractivity contribution in [1.29, 1.82) is 0 Å². The van der Waals surface area contributed by atoms with Crippen molar-refractivity contribution in [3.05, 3.63) is 71.0 Å². The highest BCUT2D eigenvalue weighted by Crippen LogP contribution is 2.30. The number of amides is 1. The first-order valence-electron chi connectivity index (χ1n) is 11.8. The second-order valence-corrected chi connectivity index (χ2v) is 8.96. The molecule has 1 aromatic carbocycles. The van der Waals surface area contributed by atoms with Crippen molar-refractivity contribution in [3.8, 4) is 0 Å². The molecule has 9 heteroatoms. The second kappa shape index (κ2) is 10.5. The molecule has 35 heavy (non-hydrogen) atoms.